The number of unbranched alkanes of at least 4 members (excludes halogenated alkanes) is 1. The van der Waals surface area contributed by atoms with E-state index >= 15 is 0 Å². The lowest BCUT2D eigenvalue weighted by atomic mass is 9.90. The third-order valence-corrected chi connectivity index (χ3v) is 7.07. The van der Waals surface area contributed by atoms with Gasteiger partial charge in [-0.1, -0.05) is 50.1 Å². The van der Waals surface area contributed by atoms with Crippen molar-refractivity contribution in [3.63, 3.8) is 0 Å². The lowest BCUT2D eigenvalue weighted by molar-refractivity contribution is 0.411. The predicted molar refractivity (Wildman–Crippen MR) is 140 cm³/mol. The van der Waals surface area contributed by atoms with Crippen molar-refractivity contribution in [3.8, 4) is 22.8 Å². The monoisotopic (exact) mass is 454 g/mol. The van der Waals surface area contributed by atoms with Crippen LogP contribution in [0.15, 0.2) is 66.7 Å². The fourth-order valence-corrected chi connectivity index (χ4v) is 5.38. The molecule has 0 saturated carbocycles. The number of fused-ring (bicyclic) bond motifs is 5. The summed E-state index contributed by atoms with van der Waals surface area (Å²) in [5, 5.41) is 5.02. The number of aromatic nitrogens is 1. The Morgan fingerprint density at radius 1 is 0.912 bits per heavy atom. The Bertz CT molecular complexity index is 1280. The van der Waals surface area contributed by atoms with E-state index in [0.717, 1.165) is 37.4 Å². The quantitative estimate of drug-likeness (QED) is 0.299. The Balaban J connectivity index is 1.64. The molecule has 4 nitrogen and oxygen atoms in total. The van der Waals surface area contributed by atoms with Crippen molar-refractivity contribution in [2.75, 3.05) is 14.2 Å². The van der Waals surface area contributed by atoms with Crippen LogP contribution in [0.1, 0.15) is 48.9 Å². The molecule has 1 aliphatic heterocycles. The molecule has 0 spiro atoms. The van der Waals surface area contributed by atoms with Crippen LogP contribution in [0.2, 0.25) is 0 Å². The van der Waals surface area contributed by atoms with E-state index in [-0.39, 0.29) is 0 Å². The first-order valence-corrected chi connectivity index (χ1v) is 12.4. The zero-order valence-corrected chi connectivity index (χ0v) is 20.4. The number of rotatable bonds is 9. The summed E-state index contributed by atoms with van der Waals surface area (Å²) in [6.45, 7) is 3.93. The lowest BCUT2D eigenvalue weighted by Crippen LogP contribution is -2.20. The summed E-state index contributed by atoms with van der Waals surface area (Å²) in [5.74, 6) is 1.84. The van der Waals surface area contributed by atoms with Gasteiger partial charge in [-0.2, -0.15) is 0 Å². The highest BCUT2D eigenvalue weighted by atomic mass is 16.5. The average molecular weight is 455 g/mol. The van der Waals surface area contributed by atoms with Crippen molar-refractivity contribution in [2.24, 2.45) is 0 Å². The number of methoxy groups -OCH3 is 2. The van der Waals surface area contributed by atoms with E-state index in [0.29, 0.717) is 6.04 Å². The van der Waals surface area contributed by atoms with Gasteiger partial charge in [-0.05, 0) is 59.9 Å². The molecule has 0 radical (unpaired) electrons. The number of hydrogen-bond acceptors (Lipinski definition) is 3. The zero-order chi connectivity index (χ0) is 23.5. The van der Waals surface area contributed by atoms with Crippen molar-refractivity contribution < 1.29 is 9.47 Å². The minimum absolute atomic E-state index is 0.423. The van der Waals surface area contributed by atoms with Gasteiger partial charge in [-0.15, -0.1) is 0 Å². The van der Waals surface area contributed by atoms with Crippen LogP contribution in [0.4, 0.5) is 0 Å². The van der Waals surface area contributed by atoms with E-state index < -0.39 is 0 Å². The fraction of sp³-hybridized carbons (Fsp3) is 0.333. The molecule has 4 aromatic rings. The predicted octanol–water partition coefficient (Wildman–Crippen LogP) is 6.90. The molecule has 0 bridgehead atoms. The Morgan fingerprint density at radius 2 is 1.68 bits per heavy atom. The minimum Gasteiger partial charge on any atom is -0.497 e. The molecule has 1 atom stereocenters. The maximum Gasteiger partial charge on any atom is 0.120 e. The van der Waals surface area contributed by atoms with Gasteiger partial charge in [0, 0.05) is 36.1 Å². The smallest absolute Gasteiger partial charge is 0.120 e. The second-order valence-corrected chi connectivity index (χ2v) is 9.19. The largest absolute Gasteiger partial charge is 0.497 e. The average Bonchev–Trinajstić information content (AvgIpc) is 3.21. The molecular weight excluding hydrogens is 420 g/mol. The van der Waals surface area contributed by atoms with Crippen LogP contribution in [-0.4, -0.2) is 18.8 Å². The Hall–Kier alpha value is -3.24. The van der Waals surface area contributed by atoms with E-state index in [1.165, 1.54) is 51.7 Å². The van der Waals surface area contributed by atoms with Gasteiger partial charge in [0.05, 0.1) is 25.4 Å². The van der Waals surface area contributed by atoms with Crippen LogP contribution in [-0.2, 0) is 19.5 Å². The number of nitrogens with zero attached hydrogens (tertiary/aromatic N) is 1. The van der Waals surface area contributed by atoms with Gasteiger partial charge in [0.1, 0.15) is 11.5 Å². The molecule has 1 unspecified atom stereocenters. The van der Waals surface area contributed by atoms with E-state index in [4.69, 9.17) is 9.47 Å². The van der Waals surface area contributed by atoms with Gasteiger partial charge in [0.25, 0.3) is 0 Å². The maximum atomic E-state index is 5.63. The summed E-state index contributed by atoms with van der Waals surface area (Å²) in [6, 6.07) is 24.1. The van der Waals surface area contributed by atoms with E-state index in [1.807, 2.05) is 0 Å². The second kappa shape index (κ2) is 9.94. The molecule has 34 heavy (non-hydrogen) atoms. The third-order valence-electron chi connectivity index (χ3n) is 7.07. The lowest BCUT2D eigenvalue weighted by Gasteiger charge is -2.30. The summed E-state index contributed by atoms with van der Waals surface area (Å²) in [7, 11) is 3.50. The Labute approximate surface area is 202 Å². The molecule has 1 N–H and O–H groups in total. The van der Waals surface area contributed by atoms with Gasteiger partial charge in [-0.25, -0.2) is 0 Å². The van der Waals surface area contributed by atoms with Gasteiger partial charge in [-0.3, -0.25) is 0 Å². The molecule has 176 valence electrons. The first kappa shape index (κ1) is 22.5. The van der Waals surface area contributed by atoms with E-state index in [1.54, 1.807) is 14.2 Å². The normalized spacial score (nSPS) is 14.6. The summed E-state index contributed by atoms with van der Waals surface area (Å²) in [6.07, 6.45) is 4.61. The molecule has 0 fully saturated rings. The number of benzene rings is 3. The molecule has 3 aromatic carbocycles. The molecule has 1 aliphatic rings. The molecule has 2 heterocycles. The van der Waals surface area contributed by atoms with E-state index in [9.17, 15) is 0 Å². The summed E-state index contributed by atoms with van der Waals surface area (Å²) in [5.41, 5.74) is 7.98. The molecule has 0 saturated heterocycles. The third kappa shape index (κ3) is 4.19. The highest BCUT2D eigenvalue weighted by molar-refractivity contribution is 5.94. The highest BCUT2D eigenvalue weighted by Crippen LogP contribution is 2.45. The summed E-state index contributed by atoms with van der Waals surface area (Å²) >= 11 is 0. The van der Waals surface area contributed by atoms with Crippen molar-refractivity contribution >= 4 is 10.9 Å². The number of ether oxygens (including phenoxy) is 2. The van der Waals surface area contributed by atoms with Crippen LogP contribution in [0.5, 0.6) is 11.5 Å². The summed E-state index contributed by atoms with van der Waals surface area (Å²) < 4.78 is 13.8. The molecule has 0 aliphatic carbocycles. The van der Waals surface area contributed by atoms with Crippen molar-refractivity contribution in [2.45, 2.75) is 51.7 Å². The molecule has 4 heteroatoms. The van der Waals surface area contributed by atoms with Crippen LogP contribution in [0.3, 0.4) is 0 Å². The van der Waals surface area contributed by atoms with Crippen molar-refractivity contribution in [3.05, 3.63) is 83.4 Å². The van der Waals surface area contributed by atoms with Gasteiger partial charge >= 0.3 is 0 Å². The number of nitrogens with one attached hydrogen (secondary N) is 1. The van der Waals surface area contributed by atoms with Crippen molar-refractivity contribution in [1.82, 2.24) is 9.88 Å². The van der Waals surface area contributed by atoms with Crippen LogP contribution < -0.4 is 14.8 Å². The standard InChI is InChI=1S/C30H34N2O2/c1-4-5-11-23-16-22-17-24(33-2)12-14-26(22)30-28(20-31-19-21-9-7-6-8-10-21)27-15-13-25(34-3)18-29(27)32(23)30/h6-10,12-15,17-18,23,31H,4-5,11,16,19-20H2,1-3H3. The first-order chi connectivity index (χ1) is 16.7. The van der Waals surface area contributed by atoms with Crippen molar-refractivity contribution in [1.29, 1.82) is 0 Å². The fourth-order valence-electron chi connectivity index (χ4n) is 5.38. The Morgan fingerprint density at radius 3 is 2.44 bits per heavy atom. The van der Waals surface area contributed by atoms with Crippen LogP contribution in [0, 0.1) is 0 Å². The molecule has 1 aromatic heterocycles. The molecular formula is C30H34N2O2. The molecule has 5 rings (SSSR count). The maximum absolute atomic E-state index is 5.63. The minimum atomic E-state index is 0.423. The second-order valence-electron chi connectivity index (χ2n) is 9.19. The first-order valence-electron chi connectivity index (χ1n) is 12.4. The highest BCUT2D eigenvalue weighted by Gasteiger charge is 2.30. The zero-order valence-electron chi connectivity index (χ0n) is 20.4. The Kier molecular flexibility index (Phi) is 6.59. The summed E-state index contributed by atoms with van der Waals surface area (Å²) in [4.78, 5) is 0. The van der Waals surface area contributed by atoms with Crippen LogP contribution in [0.25, 0.3) is 22.2 Å². The van der Waals surface area contributed by atoms with Gasteiger partial charge in [0.15, 0.2) is 0 Å². The molecule has 0 amide bonds. The van der Waals surface area contributed by atoms with Crippen LogP contribution >= 0.6 is 0 Å². The van der Waals surface area contributed by atoms with Gasteiger partial charge in [0.2, 0.25) is 0 Å². The topological polar surface area (TPSA) is 35.4 Å². The SMILES string of the molecule is CCCCC1Cc2cc(OC)ccc2-c2c(CNCc3ccccc3)c3ccc(OC)cc3n21. The number of hydrogen-bond donors (Lipinski definition) is 1. The van der Waals surface area contributed by atoms with E-state index in [2.05, 4.69) is 83.5 Å². The van der Waals surface area contributed by atoms with Gasteiger partial charge < -0.3 is 19.4 Å².